The van der Waals surface area contributed by atoms with E-state index < -0.39 is 0 Å². The van der Waals surface area contributed by atoms with E-state index in [2.05, 4.69) is 57.3 Å². The van der Waals surface area contributed by atoms with E-state index in [4.69, 9.17) is 4.74 Å². The molecule has 1 N–H and O–H groups in total. The van der Waals surface area contributed by atoms with Crippen molar-refractivity contribution >= 4 is 0 Å². The van der Waals surface area contributed by atoms with Crippen LogP contribution in [0.2, 0.25) is 0 Å². The molecule has 1 aromatic rings. The van der Waals surface area contributed by atoms with Crippen molar-refractivity contribution in [2.75, 3.05) is 13.2 Å². The Balaban J connectivity index is 2.51. The highest BCUT2D eigenvalue weighted by Gasteiger charge is 2.12. The third-order valence-corrected chi connectivity index (χ3v) is 3.44. The lowest BCUT2D eigenvalue weighted by Gasteiger charge is -2.21. The molecular weight excluding hydrogens is 246 g/mol. The molecule has 0 saturated heterocycles. The van der Waals surface area contributed by atoms with E-state index >= 15 is 0 Å². The molecule has 2 nitrogen and oxygen atoms in total. The average Bonchev–Trinajstić information content (AvgIpc) is 2.41. The number of rotatable bonds is 10. The topological polar surface area (TPSA) is 21.3 Å². The number of hydrogen-bond acceptors (Lipinski definition) is 2. The molecule has 0 heterocycles. The van der Waals surface area contributed by atoms with Crippen molar-refractivity contribution in [3.63, 3.8) is 0 Å². The van der Waals surface area contributed by atoms with Gasteiger partial charge in [-0.3, -0.25) is 0 Å². The van der Waals surface area contributed by atoms with Crippen LogP contribution in [0.3, 0.4) is 0 Å². The molecule has 0 fully saturated rings. The lowest BCUT2D eigenvalue weighted by atomic mass is 10.1. The van der Waals surface area contributed by atoms with E-state index in [9.17, 15) is 0 Å². The summed E-state index contributed by atoms with van der Waals surface area (Å²) in [6.07, 6.45) is 5.18. The predicted molar refractivity (Wildman–Crippen MR) is 87.2 cm³/mol. The minimum Gasteiger partial charge on any atom is -0.372 e. The smallest absolute Gasteiger partial charge is 0.0949 e. The Bertz CT molecular complexity index is 362. The molecule has 114 valence electrons. The van der Waals surface area contributed by atoms with Crippen LogP contribution >= 0.6 is 0 Å². The second-order valence-electron chi connectivity index (χ2n) is 5.90. The van der Waals surface area contributed by atoms with Crippen molar-refractivity contribution in [1.29, 1.82) is 0 Å². The zero-order valence-corrected chi connectivity index (χ0v) is 13.6. The third kappa shape index (κ3) is 7.06. The fourth-order valence-corrected chi connectivity index (χ4v) is 2.24. The fraction of sp³-hybridized carbons (Fsp3) is 0.667. The summed E-state index contributed by atoms with van der Waals surface area (Å²) < 4.78 is 6.12. The van der Waals surface area contributed by atoms with Gasteiger partial charge in [-0.1, -0.05) is 69.9 Å². The zero-order valence-electron chi connectivity index (χ0n) is 13.6. The summed E-state index contributed by atoms with van der Waals surface area (Å²) in [7, 11) is 0. The summed E-state index contributed by atoms with van der Waals surface area (Å²) in [6.45, 7) is 10.5. The standard InChI is InChI=1S/C18H31NO/c1-5-6-7-8-12-20-18(14-19-15(2)3)17-11-9-10-16(4)13-17/h9-11,13,15,18-19H,5-8,12,14H2,1-4H3. The van der Waals surface area contributed by atoms with E-state index in [1.165, 1.54) is 30.4 Å². The van der Waals surface area contributed by atoms with E-state index in [0.29, 0.717) is 6.04 Å². The fourth-order valence-electron chi connectivity index (χ4n) is 2.24. The normalized spacial score (nSPS) is 12.8. The molecule has 1 atom stereocenters. The highest BCUT2D eigenvalue weighted by atomic mass is 16.5. The van der Waals surface area contributed by atoms with Crippen molar-refractivity contribution < 1.29 is 4.74 Å². The molecule has 0 amide bonds. The first kappa shape index (κ1) is 17.2. The molecule has 1 unspecified atom stereocenters. The first-order valence-corrected chi connectivity index (χ1v) is 8.05. The molecule has 1 rings (SSSR count). The average molecular weight is 277 g/mol. The Hall–Kier alpha value is -0.860. The molecule has 0 aromatic heterocycles. The van der Waals surface area contributed by atoms with Crippen molar-refractivity contribution in [3.05, 3.63) is 35.4 Å². The second kappa shape index (κ2) is 9.95. The molecule has 0 radical (unpaired) electrons. The monoisotopic (exact) mass is 277 g/mol. The molecule has 0 aliphatic carbocycles. The number of benzene rings is 1. The van der Waals surface area contributed by atoms with Gasteiger partial charge in [-0.15, -0.1) is 0 Å². The molecule has 0 bridgehead atoms. The Labute approximate surface area is 124 Å². The third-order valence-electron chi connectivity index (χ3n) is 3.44. The van der Waals surface area contributed by atoms with Gasteiger partial charge in [-0.05, 0) is 18.9 Å². The summed E-state index contributed by atoms with van der Waals surface area (Å²) in [5, 5.41) is 3.49. The van der Waals surface area contributed by atoms with E-state index in [-0.39, 0.29) is 6.10 Å². The first-order valence-electron chi connectivity index (χ1n) is 8.05. The van der Waals surface area contributed by atoms with Crippen LogP contribution in [0.1, 0.15) is 63.7 Å². The lowest BCUT2D eigenvalue weighted by Crippen LogP contribution is -2.29. The van der Waals surface area contributed by atoms with Crippen LogP contribution in [0, 0.1) is 6.92 Å². The number of nitrogens with one attached hydrogen (secondary N) is 1. The molecule has 20 heavy (non-hydrogen) atoms. The van der Waals surface area contributed by atoms with Crippen molar-refractivity contribution in [3.8, 4) is 0 Å². The van der Waals surface area contributed by atoms with Crippen molar-refractivity contribution in [2.24, 2.45) is 0 Å². The summed E-state index contributed by atoms with van der Waals surface area (Å²) in [5.74, 6) is 0. The van der Waals surface area contributed by atoms with E-state index in [1.54, 1.807) is 0 Å². The van der Waals surface area contributed by atoms with Gasteiger partial charge in [0.15, 0.2) is 0 Å². The van der Waals surface area contributed by atoms with Crippen LogP contribution in [0.4, 0.5) is 0 Å². The Morgan fingerprint density at radius 1 is 1.15 bits per heavy atom. The summed E-state index contributed by atoms with van der Waals surface area (Å²) in [4.78, 5) is 0. The molecule has 0 saturated carbocycles. The van der Waals surface area contributed by atoms with Crippen molar-refractivity contribution in [1.82, 2.24) is 5.32 Å². The van der Waals surface area contributed by atoms with E-state index in [1.807, 2.05) is 0 Å². The molecule has 1 aromatic carbocycles. The quantitative estimate of drug-likeness (QED) is 0.629. The van der Waals surface area contributed by atoms with Gasteiger partial charge in [0.05, 0.1) is 6.10 Å². The van der Waals surface area contributed by atoms with Gasteiger partial charge in [-0.2, -0.15) is 0 Å². The highest BCUT2D eigenvalue weighted by molar-refractivity contribution is 5.24. The number of hydrogen-bond donors (Lipinski definition) is 1. The van der Waals surface area contributed by atoms with Gasteiger partial charge in [0, 0.05) is 19.2 Å². The van der Waals surface area contributed by atoms with Gasteiger partial charge < -0.3 is 10.1 Å². The molecule has 0 aliphatic rings. The van der Waals surface area contributed by atoms with Gasteiger partial charge in [0.2, 0.25) is 0 Å². The van der Waals surface area contributed by atoms with Gasteiger partial charge in [0.1, 0.15) is 0 Å². The minimum atomic E-state index is 0.166. The summed E-state index contributed by atoms with van der Waals surface area (Å²) in [5.41, 5.74) is 2.58. The summed E-state index contributed by atoms with van der Waals surface area (Å²) in [6, 6.07) is 9.15. The molecule has 0 spiro atoms. The SMILES string of the molecule is CCCCCCOC(CNC(C)C)c1cccc(C)c1. The Kier molecular flexibility index (Phi) is 8.56. The Morgan fingerprint density at radius 2 is 1.95 bits per heavy atom. The van der Waals surface area contributed by atoms with Crippen LogP contribution < -0.4 is 5.32 Å². The highest BCUT2D eigenvalue weighted by Crippen LogP contribution is 2.19. The van der Waals surface area contributed by atoms with Gasteiger partial charge in [-0.25, -0.2) is 0 Å². The predicted octanol–water partition coefficient (Wildman–Crippen LogP) is 4.63. The maximum absolute atomic E-state index is 6.12. The molecule has 0 aliphatic heterocycles. The van der Waals surface area contributed by atoms with Crippen LogP contribution in [0.5, 0.6) is 0 Å². The lowest BCUT2D eigenvalue weighted by molar-refractivity contribution is 0.0486. The number of unbranched alkanes of at least 4 members (excludes halogenated alkanes) is 3. The first-order chi connectivity index (χ1) is 9.63. The number of ether oxygens (including phenoxy) is 1. The second-order valence-corrected chi connectivity index (χ2v) is 5.90. The van der Waals surface area contributed by atoms with Crippen LogP contribution in [-0.2, 0) is 4.74 Å². The Morgan fingerprint density at radius 3 is 2.60 bits per heavy atom. The number of aryl methyl sites for hydroxylation is 1. The van der Waals surface area contributed by atoms with Crippen LogP contribution in [0.15, 0.2) is 24.3 Å². The maximum Gasteiger partial charge on any atom is 0.0949 e. The van der Waals surface area contributed by atoms with Crippen LogP contribution in [-0.4, -0.2) is 19.2 Å². The van der Waals surface area contributed by atoms with E-state index in [0.717, 1.165) is 19.6 Å². The van der Waals surface area contributed by atoms with Gasteiger partial charge in [0.25, 0.3) is 0 Å². The minimum absolute atomic E-state index is 0.166. The molecular formula is C18H31NO. The van der Waals surface area contributed by atoms with Gasteiger partial charge >= 0.3 is 0 Å². The van der Waals surface area contributed by atoms with Crippen molar-refractivity contribution in [2.45, 2.75) is 65.5 Å². The van der Waals surface area contributed by atoms with Crippen LogP contribution in [0.25, 0.3) is 0 Å². The molecule has 2 heteroatoms. The largest absolute Gasteiger partial charge is 0.372 e. The maximum atomic E-state index is 6.12. The summed E-state index contributed by atoms with van der Waals surface area (Å²) >= 11 is 0. The zero-order chi connectivity index (χ0) is 14.8.